The van der Waals surface area contributed by atoms with Crippen molar-refractivity contribution in [2.45, 2.75) is 12.5 Å². The number of hydrogen-bond donors (Lipinski definition) is 3. The molecule has 4 N–H and O–H groups in total. The van der Waals surface area contributed by atoms with E-state index in [4.69, 9.17) is 5.73 Å². The summed E-state index contributed by atoms with van der Waals surface area (Å²) >= 11 is 0. The molecular formula is C19H24N4O2. The molecule has 2 rings (SSSR count). The van der Waals surface area contributed by atoms with E-state index in [0.717, 1.165) is 5.56 Å². The topological polar surface area (TPSA) is 87.5 Å². The third-order valence-electron chi connectivity index (χ3n) is 3.51. The van der Waals surface area contributed by atoms with Gasteiger partial charge < -0.3 is 21.3 Å². The lowest BCUT2D eigenvalue weighted by atomic mass is 10.1. The number of carbonyl (C=O) groups is 2. The van der Waals surface area contributed by atoms with Gasteiger partial charge in [-0.05, 0) is 44.3 Å². The molecule has 6 heteroatoms. The SMILES string of the molecule is CN(C)CC(=O)Nc1cccc(NC(=O)[C@@H](N)Cc2ccccc2)c1. The smallest absolute Gasteiger partial charge is 0.241 e. The molecule has 132 valence electrons. The van der Waals surface area contributed by atoms with Crippen molar-refractivity contribution in [3.8, 4) is 0 Å². The van der Waals surface area contributed by atoms with Crippen LogP contribution >= 0.6 is 0 Å². The minimum atomic E-state index is -0.644. The van der Waals surface area contributed by atoms with Gasteiger partial charge in [-0.1, -0.05) is 36.4 Å². The summed E-state index contributed by atoms with van der Waals surface area (Å²) in [5.74, 6) is -0.380. The van der Waals surface area contributed by atoms with Gasteiger partial charge in [0.05, 0.1) is 12.6 Å². The Morgan fingerprint density at radius 2 is 1.64 bits per heavy atom. The molecule has 0 heterocycles. The quantitative estimate of drug-likeness (QED) is 0.716. The normalized spacial score (nSPS) is 11.8. The Bertz CT molecular complexity index is 716. The maximum atomic E-state index is 12.3. The van der Waals surface area contributed by atoms with Gasteiger partial charge in [0.25, 0.3) is 0 Å². The monoisotopic (exact) mass is 340 g/mol. The van der Waals surface area contributed by atoms with Crippen molar-refractivity contribution in [3.63, 3.8) is 0 Å². The zero-order valence-electron chi connectivity index (χ0n) is 14.5. The van der Waals surface area contributed by atoms with Crippen molar-refractivity contribution in [3.05, 3.63) is 60.2 Å². The van der Waals surface area contributed by atoms with Crippen molar-refractivity contribution in [1.29, 1.82) is 0 Å². The Morgan fingerprint density at radius 3 is 2.28 bits per heavy atom. The van der Waals surface area contributed by atoms with E-state index in [1.807, 2.05) is 44.4 Å². The van der Waals surface area contributed by atoms with E-state index in [2.05, 4.69) is 10.6 Å². The van der Waals surface area contributed by atoms with Gasteiger partial charge in [0.15, 0.2) is 0 Å². The molecule has 6 nitrogen and oxygen atoms in total. The van der Waals surface area contributed by atoms with Crippen LogP contribution in [0.3, 0.4) is 0 Å². The molecule has 0 aliphatic carbocycles. The summed E-state index contributed by atoms with van der Waals surface area (Å²) in [7, 11) is 3.65. The molecule has 0 saturated heterocycles. The summed E-state index contributed by atoms with van der Waals surface area (Å²) in [6.45, 7) is 0.290. The fourth-order valence-electron chi connectivity index (χ4n) is 2.36. The lowest BCUT2D eigenvalue weighted by Crippen LogP contribution is -2.37. The fraction of sp³-hybridized carbons (Fsp3) is 0.263. The lowest BCUT2D eigenvalue weighted by molar-refractivity contribution is -0.117. The number of likely N-dealkylation sites (N-methyl/N-ethyl adjacent to an activating group) is 1. The molecule has 0 aliphatic heterocycles. The second-order valence-electron chi connectivity index (χ2n) is 6.15. The van der Waals surface area contributed by atoms with Gasteiger partial charge in [-0.15, -0.1) is 0 Å². The summed E-state index contributed by atoms with van der Waals surface area (Å²) in [5.41, 5.74) is 8.21. The third kappa shape index (κ3) is 6.37. The van der Waals surface area contributed by atoms with Crippen LogP contribution in [0.4, 0.5) is 11.4 Å². The molecule has 1 atom stereocenters. The van der Waals surface area contributed by atoms with Crippen LogP contribution in [0.15, 0.2) is 54.6 Å². The maximum absolute atomic E-state index is 12.3. The summed E-state index contributed by atoms with van der Waals surface area (Å²) in [5, 5.41) is 5.58. The average Bonchev–Trinajstić information content (AvgIpc) is 2.55. The Balaban J connectivity index is 1.94. The number of benzene rings is 2. The van der Waals surface area contributed by atoms with Crippen LogP contribution in [-0.2, 0) is 16.0 Å². The number of nitrogens with zero attached hydrogens (tertiary/aromatic N) is 1. The summed E-state index contributed by atoms with van der Waals surface area (Å²) in [4.78, 5) is 25.9. The van der Waals surface area contributed by atoms with Crippen LogP contribution in [0.2, 0.25) is 0 Å². The first-order valence-electron chi connectivity index (χ1n) is 8.09. The first kappa shape index (κ1) is 18.6. The summed E-state index contributed by atoms with van der Waals surface area (Å²) in [6.07, 6.45) is 0.464. The van der Waals surface area contributed by atoms with Crippen LogP contribution in [-0.4, -0.2) is 43.4 Å². The predicted molar refractivity (Wildman–Crippen MR) is 100 cm³/mol. The highest BCUT2D eigenvalue weighted by Crippen LogP contribution is 2.15. The van der Waals surface area contributed by atoms with E-state index < -0.39 is 6.04 Å². The second kappa shape index (κ2) is 8.96. The maximum Gasteiger partial charge on any atom is 0.241 e. The Labute approximate surface area is 148 Å². The standard InChI is InChI=1S/C19H24N4O2/c1-23(2)13-18(24)21-15-9-6-10-16(12-15)22-19(25)17(20)11-14-7-4-3-5-8-14/h3-10,12,17H,11,13,20H2,1-2H3,(H,21,24)(H,22,25)/t17-/m0/s1. The Morgan fingerprint density at radius 1 is 1.00 bits per heavy atom. The van der Waals surface area contributed by atoms with Crippen molar-refractivity contribution < 1.29 is 9.59 Å². The van der Waals surface area contributed by atoms with Crippen molar-refractivity contribution >= 4 is 23.2 Å². The minimum Gasteiger partial charge on any atom is -0.325 e. The second-order valence-corrected chi connectivity index (χ2v) is 6.15. The predicted octanol–water partition coefficient (Wildman–Crippen LogP) is 1.70. The molecule has 2 aromatic rings. The lowest BCUT2D eigenvalue weighted by Gasteiger charge is -2.14. The first-order valence-corrected chi connectivity index (χ1v) is 8.09. The van der Waals surface area contributed by atoms with Gasteiger partial charge >= 0.3 is 0 Å². The van der Waals surface area contributed by atoms with Crippen LogP contribution < -0.4 is 16.4 Å². The number of hydrogen-bond acceptors (Lipinski definition) is 4. The van der Waals surface area contributed by atoms with Crippen LogP contribution in [0, 0.1) is 0 Å². The van der Waals surface area contributed by atoms with Gasteiger partial charge in [-0.25, -0.2) is 0 Å². The van der Waals surface area contributed by atoms with E-state index in [0.29, 0.717) is 24.3 Å². The highest BCUT2D eigenvalue weighted by atomic mass is 16.2. The van der Waals surface area contributed by atoms with Crippen molar-refractivity contribution in [2.24, 2.45) is 5.73 Å². The highest BCUT2D eigenvalue weighted by molar-refractivity contribution is 5.96. The van der Waals surface area contributed by atoms with Gasteiger partial charge in [-0.3, -0.25) is 9.59 Å². The summed E-state index contributed by atoms with van der Waals surface area (Å²) in [6, 6.07) is 16.0. The number of rotatable bonds is 7. The zero-order valence-corrected chi connectivity index (χ0v) is 14.5. The number of anilines is 2. The average molecular weight is 340 g/mol. The third-order valence-corrected chi connectivity index (χ3v) is 3.51. The van der Waals surface area contributed by atoms with Gasteiger partial charge in [0.1, 0.15) is 0 Å². The number of amides is 2. The van der Waals surface area contributed by atoms with Crippen LogP contribution in [0.1, 0.15) is 5.56 Å². The Kier molecular flexibility index (Phi) is 6.68. The van der Waals surface area contributed by atoms with E-state index >= 15 is 0 Å². The number of nitrogens with one attached hydrogen (secondary N) is 2. The molecule has 0 radical (unpaired) electrons. The van der Waals surface area contributed by atoms with Crippen molar-refractivity contribution in [2.75, 3.05) is 31.3 Å². The molecule has 25 heavy (non-hydrogen) atoms. The van der Waals surface area contributed by atoms with Gasteiger partial charge in [0.2, 0.25) is 11.8 Å². The molecular weight excluding hydrogens is 316 g/mol. The molecule has 0 unspecified atom stereocenters. The van der Waals surface area contributed by atoms with Crippen molar-refractivity contribution in [1.82, 2.24) is 4.90 Å². The molecule has 0 aliphatic rings. The van der Waals surface area contributed by atoms with Gasteiger partial charge in [0, 0.05) is 11.4 Å². The first-order chi connectivity index (χ1) is 11.9. The van der Waals surface area contributed by atoms with E-state index in [1.54, 1.807) is 29.2 Å². The molecule has 0 bridgehead atoms. The zero-order chi connectivity index (χ0) is 18.2. The molecule has 0 aromatic heterocycles. The van der Waals surface area contributed by atoms with E-state index in [-0.39, 0.29) is 11.8 Å². The number of carbonyl (C=O) groups excluding carboxylic acids is 2. The minimum absolute atomic E-state index is 0.116. The molecule has 2 amide bonds. The van der Waals surface area contributed by atoms with Crippen LogP contribution in [0.5, 0.6) is 0 Å². The summed E-state index contributed by atoms with van der Waals surface area (Å²) < 4.78 is 0. The number of nitrogens with two attached hydrogens (primary N) is 1. The van der Waals surface area contributed by atoms with Gasteiger partial charge in [-0.2, -0.15) is 0 Å². The Hall–Kier alpha value is -2.70. The highest BCUT2D eigenvalue weighted by Gasteiger charge is 2.14. The van der Waals surface area contributed by atoms with Crippen LogP contribution in [0.25, 0.3) is 0 Å². The molecule has 0 spiro atoms. The largest absolute Gasteiger partial charge is 0.325 e. The molecule has 2 aromatic carbocycles. The molecule has 0 fully saturated rings. The van der Waals surface area contributed by atoms with E-state index in [1.165, 1.54) is 0 Å². The van der Waals surface area contributed by atoms with E-state index in [9.17, 15) is 9.59 Å². The molecule has 0 saturated carbocycles. The fourth-order valence-corrected chi connectivity index (χ4v) is 2.36.